The standard InChI is InChI=1S/C13H15Cl2NO2S/c1-2-5-16(9-13(17)18)6-7-19-12-8-10(14)3-4-11(12)15/h2-4,8H,1,5-7,9H2,(H,17,18). The number of carboxylic acid groups (broad SMARTS) is 1. The first-order valence-corrected chi connectivity index (χ1v) is 7.40. The third-order valence-electron chi connectivity index (χ3n) is 2.30. The molecule has 0 amide bonds. The van der Waals surface area contributed by atoms with Gasteiger partial charge in [-0.1, -0.05) is 29.3 Å². The van der Waals surface area contributed by atoms with Gasteiger partial charge in [-0.3, -0.25) is 9.69 Å². The van der Waals surface area contributed by atoms with Crippen LogP contribution < -0.4 is 0 Å². The van der Waals surface area contributed by atoms with Gasteiger partial charge >= 0.3 is 5.97 Å². The number of hydrogen-bond acceptors (Lipinski definition) is 3. The van der Waals surface area contributed by atoms with E-state index >= 15 is 0 Å². The minimum Gasteiger partial charge on any atom is -0.480 e. The van der Waals surface area contributed by atoms with E-state index in [0.29, 0.717) is 23.1 Å². The summed E-state index contributed by atoms with van der Waals surface area (Å²) in [7, 11) is 0. The summed E-state index contributed by atoms with van der Waals surface area (Å²) in [6, 6.07) is 5.30. The molecular formula is C13H15Cl2NO2S. The molecule has 3 nitrogen and oxygen atoms in total. The minimum absolute atomic E-state index is 0.00978. The number of halogens is 2. The molecule has 0 fully saturated rings. The van der Waals surface area contributed by atoms with E-state index in [2.05, 4.69) is 6.58 Å². The normalized spacial score (nSPS) is 10.7. The lowest BCUT2D eigenvalue weighted by Crippen LogP contribution is -2.31. The van der Waals surface area contributed by atoms with Gasteiger partial charge in [-0.2, -0.15) is 0 Å². The van der Waals surface area contributed by atoms with Gasteiger partial charge < -0.3 is 5.11 Å². The third kappa shape index (κ3) is 6.34. The average Bonchev–Trinajstić information content (AvgIpc) is 2.33. The lowest BCUT2D eigenvalue weighted by atomic mass is 10.4. The van der Waals surface area contributed by atoms with Gasteiger partial charge in [0.25, 0.3) is 0 Å². The van der Waals surface area contributed by atoms with Crippen molar-refractivity contribution in [2.75, 3.05) is 25.4 Å². The molecule has 19 heavy (non-hydrogen) atoms. The molecule has 1 aromatic carbocycles. The van der Waals surface area contributed by atoms with Crippen molar-refractivity contribution >= 4 is 40.9 Å². The molecule has 0 saturated heterocycles. The molecule has 0 heterocycles. The van der Waals surface area contributed by atoms with Crippen molar-refractivity contribution in [3.05, 3.63) is 40.9 Å². The predicted octanol–water partition coefficient (Wildman–Crippen LogP) is 3.66. The highest BCUT2D eigenvalue weighted by Crippen LogP contribution is 2.29. The van der Waals surface area contributed by atoms with Crippen LogP contribution in [0.5, 0.6) is 0 Å². The van der Waals surface area contributed by atoms with Gasteiger partial charge in [0.1, 0.15) is 0 Å². The molecule has 1 rings (SSSR count). The Morgan fingerprint density at radius 1 is 1.47 bits per heavy atom. The molecule has 0 aromatic heterocycles. The van der Waals surface area contributed by atoms with Crippen molar-refractivity contribution in [3.63, 3.8) is 0 Å². The van der Waals surface area contributed by atoms with Gasteiger partial charge in [-0.05, 0) is 18.2 Å². The van der Waals surface area contributed by atoms with E-state index < -0.39 is 5.97 Å². The lowest BCUT2D eigenvalue weighted by Gasteiger charge is -2.17. The summed E-state index contributed by atoms with van der Waals surface area (Å²) >= 11 is 13.5. The Morgan fingerprint density at radius 2 is 2.21 bits per heavy atom. The third-order valence-corrected chi connectivity index (χ3v) is 4.02. The van der Waals surface area contributed by atoms with Crippen LogP contribution in [0.15, 0.2) is 35.7 Å². The van der Waals surface area contributed by atoms with Crippen LogP contribution >= 0.6 is 35.0 Å². The Kier molecular flexibility index (Phi) is 7.31. The van der Waals surface area contributed by atoms with Crippen molar-refractivity contribution in [2.45, 2.75) is 4.90 Å². The summed E-state index contributed by atoms with van der Waals surface area (Å²) in [6.07, 6.45) is 1.69. The summed E-state index contributed by atoms with van der Waals surface area (Å²) in [5.74, 6) is -0.103. The summed E-state index contributed by atoms with van der Waals surface area (Å²) in [6.45, 7) is 4.83. The van der Waals surface area contributed by atoms with Crippen molar-refractivity contribution in [1.82, 2.24) is 4.90 Å². The van der Waals surface area contributed by atoms with Crippen LogP contribution in [0.2, 0.25) is 10.0 Å². The number of thioether (sulfide) groups is 1. The van der Waals surface area contributed by atoms with Crippen LogP contribution in [0, 0.1) is 0 Å². The first kappa shape index (κ1) is 16.4. The maximum Gasteiger partial charge on any atom is 0.317 e. The zero-order valence-corrected chi connectivity index (χ0v) is 12.6. The second-order valence-corrected chi connectivity index (χ2v) is 5.82. The Balaban J connectivity index is 2.48. The van der Waals surface area contributed by atoms with Crippen molar-refractivity contribution in [3.8, 4) is 0 Å². The number of hydrogen-bond donors (Lipinski definition) is 1. The summed E-state index contributed by atoms with van der Waals surface area (Å²) in [5.41, 5.74) is 0. The molecule has 0 spiro atoms. The summed E-state index contributed by atoms with van der Waals surface area (Å²) < 4.78 is 0. The monoisotopic (exact) mass is 319 g/mol. The van der Waals surface area contributed by atoms with Crippen molar-refractivity contribution < 1.29 is 9.90 Å². The second-order valence-electron chi connectivity index (χ2n) is 3.84. The highest BCUT2D eigenvalue weighted by atomic mass is 35.5. The van der Waals surface area contributed by atoms with Crippen LogP contribution in [0.25, 0.3) is 0 Å². The lowest BCUT2D eigenvalue weighted by molar-refractivity contribution is -0.138. The number of benzene rings is 1. The maximum atomic E-state index is 10.7. The van der Waals surface area contributed by atoms with E-state index in [0.717, 1.165) is 10.6 Å². The number of nitrogens with zero attached hydrogens (tertiary/aromatic N) is 1. The number of carboxylic acids is 1. The fourth-order valence-electron chi connectivity index (χ4n) is 1.48. The molecule has 0 aliphatic rings. The Labute approximate surface area is 127 Å². The fraction of sp³-hybridized carbons (Fsp3) is 0.308. The smallest absolute Gasteiger partial charge is 0.317 e. The molecule has 0 aliphatic heterocycles. The zero-order valence-electron chi connectivity index (χ0n) is 10.3. The maximum absolute atomic E-state index is 10.7. The number of rotatable bonds is 8. The van der Waals surface area contributed by atoms with Gasteiger partial charge in [-0.15, -0.1) is 18.3 Å². The molecule has 6 heteroatoms. The van der Waals surface area contributed by atoms with Gasteiger partial charge in [0, 0.05) is 28.8 Å². The molecule has 0 aliphatic carbocycles. The van der Waals surface area contributed by atoms with Crippen LogP contribution in [-0.2, 0) is 4.79 Å². The average molecular weight is 320 g/mol. The van der Waals surface area contributed by atoms with Crippen LogP contribution in [-0.4, -0.2) is 41.4 Å². The van der Waals surface area contributed by atoms with Crippen molar-refractivity contribution in [1.29, 1.82) is 0 Å². The van der Waals surface area contributed by atoms with E-state index in [1.807, 2.05) is 6.07 Å². The molecule has 104 valence electrons. The topological polar surface area (TPSA) is 40.5 Å². The first-order valence-electron chi connectivity index (χ1n) is 5.66. The van der Waals surface area contributed by atoms with Gasteiger partial charge in [0.05, 0.1) is 11.6 Å². The zero-order chi connectivity index (χ0) is 14.3. The second kappa shape index (κ2) is 8.48. The molecule has 0 radical (unpaired) electrons. The van der Waals surface area contributed by atoms with E-state index in [1.54, 1.807) is 34.9 Å². The molecule has 0 unspecified atom stereocenters. The van der Waals surface area contributed by atoms with Gasteiger partial charge in [0.15, 0.2) is 0 Å². The summed E-state index contributed by atoms with van der Waals surface area (Å²) in [4.78, 5) is 13.4. The fourth-order valence-corrected chi connectivity index (χ4v) is 2.98. The SMILES string of the molecule is C=CCN(CCSc1cc(Cl)ccc1Cl)CC(=O)O. The highest BCUT2D eigenvalue weighted by molar-refractivity contribution is 7.99. The van der Waals surface area contributed by atoms with Gasteiger partial charge in [0.2, 0.25) is 0 Å². The van der Waals surface area contributed by atoms with Crippen molar-refractivity contribution in [2.24, 2.45) is 0 Å². The first-order chi connectivity index (χ1) is 9.02. The predicted molar refractivity (Wildman–Crippen MR) is 81.5 cm³/mol. The minimum atomic E-state index is -0.840. The summed E-state index contributed by atoms with van der Waals surface area (Å²) in [5, 5.41) is 10.1. The van der Waals surface area contributed by atoms with E-state index in [4.69, 9.17) is 28.3 Å². The quantitative estimate of drug-likeness (QED) is 0.586. The van der Waals surface area contributed by atoms with Crippen LogP contribution in [0.1, 0.15) is 0 Å². The van der Waals surface area contributed by atoms with E-state index in [-0.39, 0.29) is 6.54 Å². The Hall–Kier alpha value is -0.680. The Morgan fingerprint density at radius 3 is 2.84 bits per heavy atom. The molecular weight excluding hydrogens is 305 g/mol. The van der Waals surface area contributed by atoms with E-state index in [1.165, 1.54) is 0 Å². The van der Waals surface area contributed by atoms with E-state index in [9.17, 15) is 4.79 Å². The molecule has 0 saturated carbocycles. The molecule has 0 bridgehead atoms. The number of carbonyl (C=O) groups is 1. The number of aliphatic carboxylic acids is 1. The van der Waals surface area contributed by atoms with Crippen LogP contribution in [0.4, 0.5) is 0 Å². The molecule has 1 aromatic rings. The Bertz CT molecular complexity index is 454. The largest absolute Gasteiger partial charge is 0.480 e. The van der Waals surface area contributed by atoms with Gasteiger partial charge in [-0.25, -0.2) is 0 Å². The van der Waals surface area contributed by atoms with Crippen LogP contribution in [0.3, 0.4) is 0 Å². The molecule has 0 atom stereocenters. The molecule has 1 N–H and O–H groups in total. The highest BCUT2D eigenvalue weighted by Gasteiger charge is 2.09.